The Morgan fingerprint density at radius 3 is 2.36 bits per heavy atom. The maximum atomic E-state index is 11.6. The van der Waals surface area contributed by atoms with Gasteiger partial charge < -0.3 is 14.7 Å². The lowest BCUT2D eigenvalue weighted by atomic mass is 9.88. The molecule has 0 saturated carbocycles. The summed E-state index contributed by atoms with van der Waals surface area (Å²) in [5.41, 5.74) is 8.35. The Kier molecular flexibility index (Phi) is 6.19. The molecule has 5 rings (SSSR count). The largest absolute Gasteiger partial charge is 0.340 e. The molecule has 3 aliphatic heterocycles. The van der Waals surface area contributed by atoms with Crippen molar-refractivity contribution >= 4 is 17.3 Å². The molecule has 0 bridgehead atoms. The molecule has 33 heavy (non-hydrogen) atoms. The number of benzene rings is 2. The highest BCUT2D eigenvalue weighted by molar-refractivity contribution is 5.74. The molecule has 0 unspecified atom stereocenters. The summed E-state index contributed by atoms with van der Waals surface area (Å²) in [4.78, 5) is 21.4. The lowest BCUT2D eigenvalue weighted by Gasteiger charge is -2.40. The van der Waals surface area contributed by atoms with Gasteiger partial charge in [-0.05, 0) is 62.1 Å². The fraction of sp³-hybridized carbons (Fsp3) is 0.536. The van der Waals surface area contributed by atoms with E-state index in [0.29, 0.717) is 12.0 Å². The van der Waals surface area contributed by atoms with Crippen LogP contribution >= 0.6 is 0 Å². The third-order valence-electron chi connectivity index (χ3n) is 8.15. The molecule has 2 fully saturated rings. The molecular weight excluding hydrogens is 408 g/mol. The zero-order valence-electron chi connectivity index (χ0n) is 20.7. The molecule has 0 spiro atoms. The first-order valence-electron chi connectivity index (χ1n) is 12.6. The third-order valence-corrected chi connectivity index (χ3v) is 8.15. The first-order chi connectivity index (χ1) is 15.9. The molecule has 0 N–H and O–H groups in total. The van der Waals surface area contributed by atoms with E-state index in [2.05, 4.69) is 71.9 Å². The maximum Gasteiger partial charge on any atom is 0.219 e. The van der Waals surface area contributed by atoms with E-state index >= 15 is 0 Å². The fourth-order valence-corrected chi connectivity index (χ4v) is 5.97. The minimum atomic E-state index is 0.209. The van der Waals surface area contributed by atoms with Gasteiger partial charge in [0.1, 0.15) is 0 Å². The van der Waals surface area contributed by atoms with Crippen molar-refractivity contribution in [2.45, 2.75) is 46.1 Å². The molecule has 3 aliphatic rings. The van der Waals surface area contributed by atoms with Crippen molar-refractivity contribution < 1.29 is 4.79 Å². The molecule has 2 saturated heterocycles. The van der Waals surface area contributed by atoms with Crippen LogP contribution in [0.15, 0.2) is 36.4 Å². The molecule has 2 aromatic carbocycles. The number of nitrogens with zero attached hydrogens (tertiary/aromatic N) is 4. The lowest BCUT2D eigenvalue weighted by Crippen LogP contribution is -2.51. The number of piperazine rings is 1. The number of piperidine rings is 1. The van der Waals surface area contributed by atoms with Gasteiger partial charge in [0.05, 0.1) is 0 Å². The first kappa shape index (κ1) is 22.4. The van der Waals surface area contributed by atoms with E-state index in [1.807, 2.05) is 4.90 Å². The lowest BCUT2D eigenvalue weighted by molar-refractivity contribution is -0.130. The molecule has 1 amide bonds. The predicted molar refractivity (Wildman–Crippen MR) is 136 cm³/mol. The van der Waals surface area contributed by atoms with E-state index in [1.165, 1.54) is 40.0 Å². The first-order valence-corrected chi connectivity index (χ1v) is 12.6. The predicted octanol–water partition coefficient (Wildman–Crippen LogP) is 4.09. The molecular formula is C28H38N4O. The van der Waals surface area contributed by atoms with E-state index in [9.17, 15) is 4.79 Å². The van der Waals surface area contributed by atoms with Crippen LogP contribution in [0.2, 0.25) is 0 Å². The van der Waals surface area contributed by atoms with Crippen molar-refractivity contribution in [2.24, 2.45) is 0 Å². The Balaban J connectivity index is 1.29. The highest BCUT2D eigenvalue weighted by atomic mass is 16.2. The second-order valence-corrected chi connectivity index (χ2v) is 10.3. The van der Waals surface area contributed by atoms with Gasteiger partial charge in [-0.15, -0.1) is 0 Å². The van der Waals surface area contributed by atoms with Crippen molar-refractivity contribution in [3.8, 4) is 0 Å². The summed E-state index contributed by atoms with van der Waals surface area (Å²) in [5.74, 6) is 0.769. The van der Waals surface area contributed by atoms with Gasteiger partial charge in [-0.1, -0.05) is 23.8 Å². The van der Waals surface area contributed by atoms with Gasteiger partial charge in [0, 0.05) is 82.6 Å². The summed E-state index contributed by atoms with van der Waals surface area (Å²) < 4.78 is 0. The molecule has 5 nitrogen and oxygen atoms in total. The molecule has 2 atom stereocenters. The average molecular weight is 447 g/mol. The summed E-state index contributed by atoms with van der Waals surface area (Å²) in [6.45, 7) is 16.6. The number of fused-ring (bicyclic) bond motifs is 3. The van der Waals surface area contributed by atoms with Gasteiger partial charge >= 0.3 is 0 Å². The van der Waals surface area contributed by atoms with Crippen LogP contribution in [-0.4, -0.2) is 79.0 Å². The topological polar surface area (TPSA) is 30.0 Å². The van der Waals surface area contributed by atoms with Crippen molar-refractivity contribution in [1.29, 1.82) is 0 Å². The van der Waals surface area contributed by atoms with Gasteiger partial charge in [-0.25, -0.2) is 0 Å². The van der Waals surface area contributed by atoms with Crippen molar-refractivity contribution in [1.82, 2.24) is 14.7 Å². The summed E-state index contributed by atoms with van der Waals surface area (Å²) in [7, 11) is 0. The molecule has 0 aromatic heterocycles. The normalized spacial score (nSPS) is 23.5. The number of amides is 1. The number of carbonyl (C=O) groups excluding carboxylic acids is 1. The zero-order valence-corrected chi connectivity index (χ0v) is 20.7. The summed E-state index contributed by atoms with van der Waals surface area (Å²) in [6, 6.07) is 14.5. The zero-order chi connectivity index (χ0) is 23.1. The van der Waals surface area contributed by atoms with E-state index in [0.717, 1.165) is 52.4 Å². The number of carbonyl (C=O) groups is 1. The van der Waals surface area contributed by atoms with Gasteiger partial charge in [0.2, 0.25) is 5.91 Å². The van der Waals surface area contributed by atoms with E-state index in [-0.39, 0.29) is 5.91 Å². The van der Waals surface area contributed by atoms with E-state index in [1.54, 1.807) is 6.92 Å². The van der Waals surface area contributed by atoms with Crippen LogP contribution in [0.4, 0.5) is 11.4 Å². The van der Waals surface area contributed by atoms with Gasteiger partial charge in [-0.2, -0.15) is 0 Å². The SMILES string of the molecule is CC(=O)N1CCN(CCN2CC[C@@H]3[C@@H](C2)c2cc(C)ccc2N3c2ccc(C)c(C)c2)CC1. The van der Waals surface area contributed by atoms with Crippen LogP contribution in [0.3, 0.4) is 0 Å². The van der Waals surface area contributed by atoms with E-state index < -0.39 is 0 Å². The monoisotopic (exact) mass is 446 g/mol. The van der Waals surface area contributed by atoms with Crippen molar-refractivity contribution in [3.63, 3.8) is 0 Å². The van der Waals surface area contributed by atoms with Gasteiger partial charge in [0.15, 0.2) is 0 Å². The quantitative estimate of drug-likeness (QED) is 0.708. The second-order valence-electron chi connectivity index (χ2n) is 10.3. The standard InChI is InChI=1S/C28H38N4O/c1-20-5-8-27-25(17-20)26-19-30(12-11-29-13-15-31(16-14-29)23(4)33)10-9-28(26)32(27)24-7-6-21(2)22(3)18-24/h5-8,17-18,26,28H,9-16,19H2,1-4H3/t26-,28+/m0/s1. The minimum absolute atomic E-state index is 0.209. The molecule has 176 valence electrons. The molecule has 5 heteroatoms. The van der Waals surface area contributed by atoms with Crippen LogP contribution in [0.1, 0.15) is 41.5 Å². The highest BCUT2D eigenvalue weighted by Crippen LogP contribution is 2.48. The molecule has 3 heterocycles. The average Bonchev–Trinajstić information content (AvgIpc) is 3.12. The van der Waals surface area contributed by atoms with Crippen LogP contribution in [0, 0.1) is 20.8 Å². The Morgan fingerprint density at radius 1 is 0.879 bits per heavy atom. The number of hydrogen-bond acceptors (Lipinski definition) is 4. The maximum absolute atomic E-state index is 11.6. The number of likely N-dealkylation sites (tertiary alicyclic amines) is 1. The Bertz CT molecular complexity index is 1030. The van der Waals surface area contributed by atoms with Crippen molar-refractivity contribution in [2.75, 3.05) is 57.3 Å². The number of anilines is 2. The molecule has 0 aliphatic carbocycles. The summed E-state index contributed by atoms with van der Waals surface area (Å²) in [6.07, 6.45) is 1.20. The summed E-state index contributed by atoms with van der Waals surface area (Å²) >= 11 is 0. The number of rotatable bonds is 4. The van der Waals surface area contributed by atoms with Gasteiger partial charge in [0.25, 0.3) is 0 Å². The Labute approximate surface area is 199 Å². The smallest absolute Gasteiger partial charge is 0.219 e. The number of aryl methyl sites for hydroxylation is 3. The molecule has 0 radical (unpaired) electrons. The number of hydrogen-bond donors (Lipinski definition) is 0. The van der Waals surface area contributed by atoms with Crippen LogP contribution < -0.4 is 4.90 Å². The Hall–Kier alpha value is -2.37. The summed E-state index contributed by atoms with van der Waals surface area (Å²) in [5, 5.41) is 0. The third kappa shape index (κ3) is 4.41. The molecule has 2 aromatic rings. The van der Waals surface area contributed by atoms with Crippen LogP contribution in [0.25, 0.3) is 0 Å². The fourth-order valence-electron chi connectivity index (χ4n) is 5.97. The van der Waals surface area contributed by atoms with Crippen molar-refractivity contribution in [3.05, 3.63) is 58.7 Å². The van der Waals surface area contributed by atoms with Crippen LogP contribution in [-0.2, 0) is 4.79 Å². The van der Waals surface area contributed by atoms with E-state index in [4.69, 9.17) is 0 Å². The minimum Gasteiger partial charge on any atom is -0.340 e. The Morgan fingerprint density at radius 2 is 1.64 bits per heavy atom. The second kappa shape index (κ2) is 9.11. The highest BCUT2D eigenvalue weighted by Gasteiger charge is 2.42. The van der Waals surface area contributed by atoms with Crippen LogP contribution in [0.5, 0.6) is 0 Å². The van der Waals surface area contributed by atoms with Gasteiger partial charge in [-0.3, -0.25) is 9.69 Å².